The highest BCUT2D eigenvalue weighted by atomic mass is 16.5. The summed E-state index contributed by atoms with van der Waals surface area (Å²) in [6.45, 7) is 0. The van der Waals surface area contributed by atoms with Crippen LogP contribution in [0.4, 0.5) is 0 Å². The number of nitrogens with two attached hydrogens (primary N) is 1. The van der Waals surface area contributed by atoms with Crippen LogP contribution in [0.3, 0.4) is 0 Å². The average Bonchev–Trinajstić information content (AvgIpc) is 2.93. The summed E-state index contributed by atoms with van der Waals surface area (Å²) < 4.78 is 10.9. The predicted octanol–water partition coefficient (Wildman–Crippen LogP) is 2.40. The van der Waals surface area contributed by atoms with Crippen molar-refractivity contribution in [2.75, 3.05) is 14.2 Å². The quantitative estimate of drug-likeness (QED) is 0.622. The molecule has 4 nitrogen and oxygen atoms in total. The largest absolute Gasteiger partial charge is 0.496 e. The van der Waals surface area contributed by atoms with Gasteiger partial charge >= 0.3 is 0 Å². The molecule has 0 aromatic heterocycles. The third-order valence-electron chi connectivity index (χ3n) is 3.83. The standard InChI is InChI=1S/C14H22N2O2/c1-17-11-8-5-9-12(18-2)13(11)14(16-15)10-6-3-4-7-10/h5,8-10,14,16H,3-4,6-7,15H2,1-2H3. The minimum Gasteiger partial charge on any atom is -0.496 e. The summed E-state index contributed by atoms with van der Waals surface area (Å²) in [4.78, 5) is 0. The Labute approximate surface area is 108 Å². The number of nitrogens with one attached hydrogen (secondary N) is 1. The molecule has 1 aromatic carbocycles. The van der Waals surface area contributed by atoms with Gasteiger partial charge in [0.1, 0.15) is 11.5 Å². The molecule has 1 unspecified atom stereocenters. The number of rotatable bonds is 5. The highest BCUT2D eigenvalue weighted by Crippen LogP contribution is 2.42. The Bertz CT molecular complexity index is 367. The molecule has 0 saturated heterocycles. The molecule has 0 bridgehead atoms. The second-order valence-corrected chi connectivity index (χ2v) is 4.77. The number of benzene rings is 1. The van der Waals surface area contributed by atoms with Crippen LogP contribution < -0.4 is 20.7 Å². The van der Waals surface area contributed by atoms with Gasteiger partial charge in [-0.2, -0.15) is 0 Å². The van der Waals surface area contributed by atoms with Crippen molar-refractivity contribution in [3.8, 4) is 11.5 Å². The summed E-state index contributed by atoms with van der Waals surface area (Å²) >= 11 is 0. The number of hydrogen-bond donors (Lipinski definition) is 2. The summed E-state index contributed by atoms with van der Waals surface area (Å²) in [6.07, 6.45) is 4.97. The van der Waals surface area contributed by atoms with E-state index in [-0.39, 0.29) is 6.04 Å². The monoisotopic (exact) mass is 250 g/mol. The molecule has 0 amide bonds. The van der Waals surface area contributed by atoms with Crippen LogP contribution in [0.1, 0.15) is 37.3 Å². The first kappa shape index (κ1) is 13.2. The summed E-state index contributed by atoms with van der Waals surface area (Å²) in [6, 6.07) is 5.94. The van der Waals surface area contributed by atoms with E-state index in [0.29, 0.717) is 5.92 Å². The van der Waals surface area contributed by atoms with Gasteiger partial charge in [-0.05, 0) is 30.9 Å². The Kier molecular flexibility index (Phi) is 4.44. The fourth-order valence-electron chi connectivity index (χ4n) is 2.93. The minimum absolute atomic E-state index is 0.0959. The van der Waals surface area contributed by atoms with Crippen LogP contribution in [-0.4, -0.2) is 14.2 Å². The van der Waals surface area contributed by atoms with Crippen molar-refractivity contribution in [3.63, 3.8) is 0 Å². The van der Waals surface area contributed by atoms with Gasteiger partial charge in [-0.25, -0.2) is 0 Å². The predicted molar refractivity (Wildman–Crippen MR) is 71.6 cm³/mol. The summed E-state index contributed by atoms with van der Waals surface area (Å²) in [5.41, 5.74) is 3.99. The van der Waals surface area contributed by atoms with Gasteiger partial charge in [-0.1, -0.05) is 18.9 Å². The van der Waals surface area contributed by atoms with Gasteiger partial charge in [-0.3, -0.25) is 11.3 Å². The van der Waals surface area contributed by atoms with Crippen LogP contribution >= 0.6 is 0 Å². The van der Waals surface area contributed by atoms with Crippen molar-refractivity contribution < 1.29 is 9.47 Å². The molecule has 100 valence electrons. The van der Waals surface area contributed by atoms with Crippen molar-refractivity contribution in [1.29, 1.82) is 0 Å². The molecule has 1 fully saturated rings. The molecule has 1 aromatic rings. The van der Waals surface area contributed by atoms with E-state index in [4.69, 9.17) is 15.3 Å². The summed E-state index contributed by atoms with van der Waals surface area (Å²) in [5.74, 6) is 8.00. The first-order valence-electron chi connectivity index (χ1n) is 6.48. The average molecular weight is 250 g/mol. The number of ether oxygens (including phenoxy) is 2. The van der Waals surface area contributed by atoms with Crippen LogP contribution in [0.15, 0.2) is 18.2 Å². The molecule has 0 heterocycles. The van der Waals surface area contributed by atoms with Crippen LogP contribution in [0.25, 0.3) is 0 Å². The fourth-order valence-corrected chi connectivity index (χ4v) is 2.93. The first-order valence-corrected chi connectivity index (χ1v) is 6.48. The zero-order chi connectivity index (χ0) is 13.0. The van der Waals surface area contributed by atoms with Crippen molar-refractivity contribution in [2.24, 2.45) is 11.8 Å². The van der Waals surface area contributed by atoms with Crippen LogP contribution in [0.2, 0.25) is 0 Å². The van der Waals surface area contributed by atoms with E-state index in [9.17, 15) is 0 Å². The fraction of sp³-hybridized carbons (Fsp3) is 0.571. The topological polar surface area (TPSA) is 56.5 Å². The summed E-state index contributed by atoms with van der Waals surface area (Å²) in [5, 5.41) is 0. The molecule has 1 atom stereocenters. The van der Waals surface area contributed by atoms with Crippen molar-refractivity contribution in [2.45, 2.75) is 31.7 Å². The maximum Gasteiger partial charge on any atom is 0.127 e. The zero-order valence-corrected chi connectivity index (χ0v) is 11.1. The van der Waals surface area contributed by atoms with Crippen LogP contribution in [0, 0.1) is 5.92 Å². The highest BCUT2D eigenvalue weighted by Gasteiger charge is 2.29. The van der Waals surface area contributed by atoms with Crippen molar-refractivity contribution in [1.82, 2.24) is 5.43 Å². The number of hydrogen-bond acceptors (Lipinski definition) is 4. The molecular weight excluding hydrogens is 228 g/mol. The van der Waals surface area contributed by atoms with Crippen LogP contribution in [-0.2, 0) is 0 Å². The number of hydrazine groups is 1. The first-order chi connectivity index (χ1) is 8.81. The maximum atomic E-state index is 5.77. The van der Waals surface area contributed by atoms with Gasteiger partial charge < -0.3 is 9.47 Å². The van der Waals surface area contributed by atoms with Gasteiger partial charge in [0.25, 0.3) is 0 Å². The van der Waals surface area contributed by atoms with E-state index in [1.54, 1.807) is 14.2 Å². The molecule has 0 spiro atoms. The van der Waals surface area contributed by atoms with Crippen molar-refractivity contribution in [3.05, 3.63) is 23.8 Å². The van der Waals surface area contributed by atoms with E-state index in [1.807, 2.05) is 18.2 Å². The van der Waals surface area contributed by atoms with Gasteiger partial charge in [0.05, 0.1) is 25.8 Å². The van der Waals surface area contributed by atoms with Gasteiger partial charge in [0.15, 0.2) is 0 Å². The lowest BCUT2D eigenvalue weighted by molar-refractivity contribution is 0.327. The van der Waals surface area contributed by atoms with Crippen molar-refractivity contribution >= 4 is 0 Å². The molecule has 0 radical (unpaired) electrons. The Morgan fingerprint density at radius 1 is 1.17 bits per heavy atom. The Hall–Kier alpha value is -1.26. The van der Waals surface area contributed by atoms with E-state index in [1.165, 1.54) is 25.7 Å². The zero-order valence-electron chi connectivity index (χ0n) is 11.1. The SMILES string of the molecule is COc1cccc(OC)c1C(NN)C1CCCC1. The molecule has 2 rings (SSSR count). The molecular formula is C14H22N2O2. The lowest BCUT2D eigenvalue weighted by Gasteiger charge is -2.26. The smallest absolute Gasteiger partial charge is 0.127 e. The second-order valence-electron chi connectivity index (χ2n) is 4.77. The highest BCUT2D eigenvalue weighted by molar-refractivity contribution is 5.47. The van der Waals surface area contributed by atoms with E-state index in [0.717, 1.165) is 17.1 Å². The van der Waals surface area contributed by atoms with E-state index < -0.39 is 0 Å². The van der Waals surface area contributed by atoms with E-state index in [2.05, 4.69) is 5.43 Å². The Morgan fingerprint density at radius 2 is 1.72 bits per heavy atom. The maximum absolute atomic E-state index is 5.77. The minimum atomic E-state index is 0.0959. The second kappa shape index (κ2) is 6.07. The van der Waals surface area contributed by atoms with E-state index >= 15 is 0 Å². The third-order valence-corrected chi connectivity index (χ3v) is 3.83. The molecule has 4 heteroatoms. The molecule has 0 aliphatic heterocycles. The molecule has 1 aliphatic rings. The number of methoxy groups -OCH3 is 2. The lowest BCUT2D eigenvalue weighted by Crippen LogP contribution is -2.33. The normalized spacial score (nSPS) is 17.7. The third kappa shape index (κ3) is 2.44. The van der Waals surface area contributed by atoms with Gasteiger partial charge in [0.2, 0.25) is 0 Å². The van der Waals surface area contributed by atoms with Gasteiger partial charge in [0, 0.05) is 0 Å². The molecule has 3 N–H and O–H groups in total. The molecule has 18 heavy (non-hydrogen) atoms. The Balaban J connectivity index is 2.38. The van der Waals surface area contributed by atoms with Crippen LogP contribution in [0.5, 0.6) is 11.5 Å². The Morgan fingerprint density at radius 3 is 2.17 bits per heavy atom. The molecule has 1 saturated carbocycles. The van der Waals surface area contributed by atoms with Gasteiger partial charge in [-0.15, -0.1) is 0 Å². The lowest BCUT2D eigenvalue weighted by atomic mass is 9.91. The summed E-state index contributed by atoms with van der Waals surface area (Å²) in [7, 11) is 3.36. The molecule has 1 aliphatic carbocycles.